The number of benzene rings is 4. The molecular weight excluding hydrogens is 396 g/mol. The largest absolute Gasteiger partial charge is 0.241 e. The fraction of sp³-hybridized carbons (Fsp3) is 0.0833. The predicted octanol–water partition coefficient (Wildman–Crippen LogP) is 5.18. The third-order valence-electron chi connectivity index (χ3n) is 4.75. The van der Waals surface area contributed by atoms with Crippen LogP contribution in [0.3, 0.4) is 0 Å². The Hall–Kier alpha value is -3.19. The van der Waals surface area contributed by atoms with Crippen LogP contribution in [-0.2, 0) is 19.1 Å². The minimum absolute atomic E-state index is 0.478. The molecule has 0 unspecified atom stereocenters. The van der Waals surface area contributed by atoms with Gasteiger partial charge in [-0.3, -0.25) is 0 Å². The number of para-hydroxylation sites is 2. The lowest BCUT2D eigenvalue weighted by Crippen LogP contribution is -2.35. The van der Waals surface area contributed by atoms with E-state index in [9.17, 15) is 4.21 Å². The van der Waals surface area contributed by atoms with Crippen molar-refractivity contribution in [2.75, 3.05) is 24.2 Å². The molecule has 6 heteroatoms. The smallest absolute Gasteiger partial charge is 0.147 e. The maximum atomic E-state index is 14.1. The first-order valence-electron chi connectivity index (χ1n) is 9.61. The molecule has 0 radical (unpaired) electrons. The van der Waals surface area contributed by atoms with E-state index in [-0.39, 0.29) is 0 Å². The Morgan fingerprint density at radius 3 is 1.60 bits per heavy atom. The van der Waals surface area contributed by atoms with Crippen molar-refractivity contribution < 1.29 is 12.8 Å². The topological polar surface area (TPSA) is 42.0 Å². The zero-order valence-corrected chi connectivity index (χ0v) is 17.8. The summed E-state index contributed by atoms with van der Waals surface area (Å²) in [5.41, 5.74) is 1.54. The normalized spacial score (nSPS) is 11.9. The first-order valence-corrected chi connectivity index (χ1v) is 11.2. The molecule has 0 aliphatic carbocycles. The van der Waals surface area contributed by atoms with Gasteiger partial charge in [0.25, 0.3) is 0 Å². The van der Waals surface area contributed by atoms with E-state index < -0.39 is 10.5 Å². The Morgan fingerprint density at radius 1 is 0.600 bits per heavy atom. The number of anilines is 2. The maximum absolute atomic E-state index is 14.1. The average Bonchev–Trinajstić information content (AvgIpc) is 2.79. The first-order chi connectivity index (χ1) is 14.5. The van der Waals surface area contributed by atoms with E-state index in [1.165, 1.54) is 10.1 Å². The number of nitrogens with zero attached hydrogens (tertiary/aromatic N) is 2. The number of hydrogen-bond donors (Lipinski definition) is 1. The molecule has 0 aliphatic heterocycles. The van der Waals surface area contributed by atoms with Crippen LogP contribution in [0.25, 0.3) is 10.8 Å². The summed E-state index contributed by atoms with van der Waals surface area (Å²) < 4.78 is 26.1. The van der Waals surface area contributed by atoms with Gasteiger partial charge in [-0.2, -0.15) is 8.57 Å². The van der Waals surface area contributed by atoms with Crippen LogP contribution >= 0.6 is 0 Å². The van der Waals surface area contributed by atoms with E-state index >= 15 is 0 Å². The molecule has 0 bridgehead atoms. The first kappa shape index (κ1) is 20.1. The molecule has 4 aromatic rings. The molecule has 30 heavy (non-hydrogen) atoms. The summed E-state index contributed by atoms with van der Waals surface area (Å²) in [4.78, 5) is 0.478. The fourth-order valence-corrected chi connectivity index (χ4v) is 4.76. The highest BCUT2D eigenvalue weighted by molar-refractivity contribution is 7.94. The van der Waals surface area contributed by atoms with Gasteiger partial charge in [-0.15, -0.1) is 0 Å². The van der Waals surface area contributed by atoms with Gasteiger partial charge in [-0.05, 0) is 47.2 Å². The quantitative estimate of drug-likeness (QED) is 0.330. The molecule has 0 fully saturated rings. The summed E-state index contributed by atoms with van der Waals surface area (Å²) in [5, 5.41) is 4.98. The SMILES string of the molecule is CN(O[SH](=O)(ON(C)c1ccccc1)c1ccc2ccccc2c1)c1ccccc1. The van der Waals surface area contributed by atoms with Crippen LogP contribution in [0.4, 0.5) is 11.4 Å². The highest BCUT2D eigenvalue weighted by atomic mass is 32.3. The second kappa shape index (κ2) is 8.67. The second-order valence-corrected chi connectivity index (χ2v) is 8.70. The molecule has 0 spiro atoms. The number of hydrogen-bond acceptors (Lipinski definition) is 5. The lowest BCUT2D eigenvalue weighted by atomic mass is 10.1. The standard InChI is InChI=1S/C24H24N2O3S/c1-25(22-13-5-3-6-14-22)28-30(27,29-26(2)23-15-7-4-8-16-23)24-18-17-20-11-9-10-12-21(20)19-24/h3-19,30H,1-2H3. The molecule has 0 saturated carbocycles. The Kier molecular flexibility index (Phi) is 5.81. The van der Waals surface area contributed by atoms with Crippen molar-refractivity contribution in [1.29, 1.82) is 0 Å². The van der Waals surface area contributed by atoms with Gasteiger partial charge in [0.1, 0.15) is 10.5 Å². The van der Waals surface area contributed by atoms with Gasteiger partial charge in [0.05, 0.1) is 16.3 Å². The van der Waals surface area contributed by atoms with Gasteiger partial charge >= 0.3 is 0 Å². The van der Waals surface area contributed by atoms with E-state index in [1.807, 2.05) is 97.1 Å². The number of hydroxylamine groups is 2. The van der Waals surface area contributed by atoms with Gasteiger partial charge in [0, 0.05) is 14.1 Å². The summed E-state index contributed by atoms with van der Waals surface area (Å²) in [7, 11) is -0.333. The van der Waals surface area contributed by atoms with Crippen molar-refractivity contribution >= 4 is 32.6 Å². The van der Waals surface area contributed by atoms with Crippen LogP contribution in [0, 0.1) is 0 Å². The van der Waals surface area contributed by atoms with Crippen molar-refractivity contribution in [2.24, 2.45) is 0 Å². The number of fused-ring (bicyclic) bond motifs is 1. The third kappa shape index (κ3) is 4.36. The summed E-state index contributed by atoms with van der Waals surface area (Å²) >= 11 is 0. The van der Waals surface area contributed by atoms with Crippen molar-refractivity contribution in [1.82, 2.24) is 0 Å². The van der Waals surface area contributed by atoms with Crippen molar-refractivity contribution in [3.8, 4) is 0 Å². The Balaban J connectivity index is 1.72. The fourth-order valence-electron chi connectivity index (χ4n) is 3.15. The Bertz CT molecular complexity index is 1120. The van der Waals surface area contributed by atoms with E-state index in [0.717, 1.165) is 22.1 Å². The van der Waals surface area contributed by atoms with Crippen LogP contribution < -0.4 is 10.1 Å². The Labute approximate surface area is 177 Å². The van der Waals surface area contributed by atoms with Gasteiger partial charge < -0.3 is 0 Å². The van der Waals surface area contributed by atoms with Crippen LogP contribution in [0.15, 0.2) is 108 Å². The van der Waals surface area contributed by atoms with E-state index in [1.54, 1.807) is 20.2 Å². The molecule has 4 aromatic carbocycles. The summed E-state index contributed by atoms with van der Waals surface area (Å²) in [5.74, 6) is 0. The number of thiol groups is 1. The van der Waals surface area contributed by atoms with Crippen molar-refractivity contribution in [3.05, 3.63) is 103 Å². The molecule has 0 aromatic heterocycles. The molecule has 154 valence electrons. The van der Waals surface area contributed by atoms with Gasteiger partial charge in [0.15, 0.2) is 0 Å². The highest BCUT2D eigenvalue weighted by Gasteiger charge is 2.26. The number of rotatable bonds is 7. The van der Waals surface area contributed by atoms with Gasteiger partial charge in [0.2, 0.25) is 0 Å². The van der Waals surface area contributed by atoms with E-state index in [0.29, 0.717) is 4.90 Å². The molecule has 0 heterocycles. The van der Waals surface area contributed by atoms with Gasteiger partial charge in [-0.1, -0.05) is 66.7 Å². The second-order valence-electron chi connectivity index (χ2n) is 6.86. The zero-order chi connectivity index (χ0) is 21.0. The average molecular weight is 421 g/mol. The van der Waals surface area contributed by atoms with E-state index in [2.05, 4.69) is 0 Å². The Morgan fingerprint density at radius 2 is 1.07 bits per heavy atom. The zero-order valence-electron chi connectivity index (χ0n) is 16.9. The summed E-state index contributed by atoms with van der Waals surface area (Å²) in [6, 6.07) is 32.4. The molecule has 0 atom stereocenters. The molecule has 0 saturated heterocycles. The monoisotopic (exact) mass is 420 g/mol. The van der Waals surface area contributed by atoms with Crippen LogP contribution in [0.1, 0.15) is 0 Å². The minimum Gasteiger partial charge on any atom is -0.241 e. The van der Waals surface area contributed by atoms with E-state index in [4.69, 9.17) is 8.57 Å². The van der Waals surface area contributed by atoms with Crippen LogP contribution in [0.2, 0.25) is 0 Å². The molecule has 5 nitrogen and oxygen atoms in total. The third-order valence-corrected chi connectivity index (χ3v) is 6.58. The molecule has 0 aliphatic rings. The molecular formula is C24H24N2O3S. The van der Waals surface area contributed by atoms with Crippen LogP contribution in [0.5, 0.6) is 0 Å². The van der Waals surface area contributed by atoms with Crippen LogP contribution in [-0.4, -0.2) is 18.3 Å². The summed E-state index contributed by atoms with van der Waals surface area (Å²) in [6.07, 6.45) is 0. The minimum atomic E-state index is -3.77. The highest BCUT2D eigenvalue weighted by Crippen LogP contribution is 2.30. The summed E-state index contributed by atoms with van der Waals surface area (Å²) in [6.45, 7) is 0. The lowest BCUT2D eigenvalue weighted by molar-refractivity contribution is 0.217. The van der Waals surface area contributed by atoms with Crippen molar-refractivity contribution in [2.45, 2.75) is 4.90 Å². The van der Waals surface area contributed by atoms with Crippen molar-refractivity contribution in [3.63, 3.8) is 0 Å². The predicted molar refractivity (Wildman–Crippen MR) is 124 cm³/mol. The maximum Gasteiger partial charge on any atom is 0.147 e. The molecule has 0 N–H and O–H groups in total. The molecule has 0 amide bonds. The van der Waals surface area contributed by atoms with Gasteiger partial charge in [-0.25, -0.2) is 14.3 Å². The lowest BCUT2D eigenvalue weighted by Gasteiger charge is -2.33. The molecule has 4 rings (SSSR count).